The molecule has 2 heterocycles. The maximum Gasteiger partial charge on any atom is 0.416 e. The zero-order chi connectivity index (χ0) is 25.3. The number of hydrogen-bond acceptors (Lipinski definition) is 2. The summed E-state index contributed by atoms with van der Waals surface area (Å²) in [6.07, 6.45) is -16.2. The Hall–Kier alpha value is -2.74. The van der Waals surface area contributed by atoms with E-state index in [1.807, 2.05) is 0 Å². The highest BCUT2D eigenvalue weighted by atomic mass is 32.2. The zero-order valence-corrected chi connectivity index (χ0v) is 17.4. The third kappa shape index (κ3) is 4.13. The van der Waals surface area contributed by atoms with Crippen LogP contribution in [0.3, 0.4) is 0 Å². The van der Waals surface area contributed by atoms with Gasteiger partial charge in [0.05, 0.1) is 16.0 Å². The minimum atomic E-state index is -5.45. The monoisotopic (exact) mass is 516 g/mol. The number of sulfonamides is 1. The molecular weight excluding hydrogens is 503 g/mol. The highest BCUT2D eigenvalue weighted by Gasteiger charge is 2.53. The van der Waals surface area contributed by atoms with Gasteiger partial charge in [-0.15, -0.1) is 0 Å². The highest BCUT2D eigenvalue weighted by molar-refractivity contribution is 7.89. The number of benzene rings is 2. The Kier molecular flexibility index (Phi) is 5.47. The third-order valence-electron chi connectivity index (χ3n) is 5.47. The van der Waals surface area contributed by atoms with Crippen LogP contribution in [0, 0.1) is 0 Å². The number of fused-ring (bicyclic) bond motifs is 3. The number of alkyl halides is 9. The van der Waals surface area contributed by atoms with Crippen molar-refractivity contribution in [3.05, 3.63) is 64.8 Å². The van der Waals surface area contributed by atoms with Gasteiger partial charge < -0.3 is 4.98 Å². The molecule has 0 saturated heterocycles. The molecule has 0 aliphatic carbocycles. The Bertz CT molecular complexity index is 1320. The molecule has 1 aromatic heterocycles. The molecule has 4 rings (SSSR count). The number of para-hydroxylation sites is 1. The number of hydrogen-bond donors (Lipinski definition) is 1. The van der Waals surface area contributed by atoms with Gasteiger partial charge in [-0.1, -0.05) is 18.2 Å². The largest absolute Gasteiger partial charge is 0.416 e. The van der Waals surface area contributed by atoms with Gasteiger partial charge in [0.1, 0.15) is 0 Å². The number of rotatable bonds is 2. The van der Waals surface area contributed by atoms with Crippen molar-refractivity contribution in [2.45, 2.75) is 35.9 Å². The van der Waals surface area contributed by atoms with Gasteiger partial charge >= 0.3 is 18.5 Å². The molecule has 1 aliphatic rings. The molecule has 34 heavy (non-hydrogen) atoms. The lowest BCUT2D eigenvalue weighted by molar-refractivity contribution is -0.176. The van der Waals surface area contributed by atoms with E-state index in [9.17, 15) is 47.9 Å². The molecule has 0 unspecified atom stereocenters. The van der Waals surface area contributed by atoms with E-state index in [4.69, 9.17) is 0 Å². The molecule has 2 aromatic carbocycles. The summed E-state index contributed by atoms with van der Waals surface area (Å²) in [7, 11) is -5.45. The third-order valence-corrected chi connectivity index (χ3v) is 7.31. The molecule has 0 fully saturated rings. The molecule has 184 valence electrons. The number of nitrogens with zero attached hydrogens (tertiary/aromatic N) is 1. The van der Waals surface area contributed by atoms with Gasteiger partial charge in [-0.2, -0.15) is 43.8 Å². The van der Waals surface area contributed by atoms with Crippen LogP contribution in [0.1, 0.15) is 28.4 Å². The normalized spacial score (nSPS) is 18.3. The summed E-state index contributed by atoms with van der Waals surface area (Å²) in [6, 6.07) is 2.74. The SMILES string of the molecule is O=S(=O)(c1cc(C(F)(F)F)cc(C(F)(F)F)c1)N1CCc2c([nH]c3ccccc23)[C@H]1C(F)(F)F. The van der Waals surface area contributed by atoms with E-state index in [0.717, 1.165) is 0 Å². The Morgan fingerprint density at radius 2 is 1.41 bits per heavy atom. The van der Waals surface area contributed by atoms with Crippen LogP contribution in [0.5, 0.6) is 0 Å². The first-order valence-electron chi connectivity index (χ1n) is 9.49. The smallest absolute Gasteiger partial charge is 0.357 e. The number of H-pyrrole nitrogens is 1. The fourth-order valence-electron chi connectivity index (χ4n) is 4.02. The molecule has 0 bridgehead atoms. The lowest BCUT2D eigenvalue weighted by Crippen LogP contribution is -2.46. The number of aromatic nitrogens is 1. The van der Waals surface area contributed by atoms with Crippen molar-refractivity contribution in [2.75, 3.05) is 6.54 Å². The first kappa shape index (κ1) is 24.4. The van der Waals surface area contributed by atoms with E-state index in [-0.39, 0.29) is 40.0 Å². The van der Waals surface area contributed by atoms with Crippen molar-refractivity contribution in [2.24, 2.45) is 0 Å². The fourth-order valence-corrected chi connectivity index (χ4v) is 5.67. The second-order valence-corrected chi connectivity index (χ2v) is 9.50. The average Bonchev–Trinajstić information content (AvgIpc) is 3.09. The van der Waals surface area contributed by atoms with Crippen LogP contribution in [0.25, 0.3) is 10.9 Å². The van der Waals surface area contributed by atoms with Crippen LogP contribution in [-0.2, 0) is 28.8 Å². The van der Waals surface area contributed by atoms with Crippen LogP contribution in [0.4, 0.5) is 39.5 Å². The zero-order valence-electron chi connectivity index (χ0n) is 16.6. The Morgan fingerprint density at radius 3 is 1.94 bits per heavy atom. The van der Waals surface area contributed by atoms with Crippen molar-refractivity contribution in [1.29, 1.82) is 0 Å². The van der Waals surface area contributed by atoms with E-state index in [2.05, 4.69) is 4.98 Å². The Labute approximate surface area is 186 Å². The maximum atomic E-state index is 14.1. The van der Waals surface area contributed by atoms with Gasteiger partial charge in [0, 0.05) is 23.1 Å². The highest BCUT2D eigenvalue weighted by Crippen LogP contribution is 2.46. The summed E-state index contributed by atoms with van der Waals surface area (Å²) in [5.41, 5.74) is -3.99. The van der Waals surface area contributed by atoms with Crippen LogP contribution >= 0.6 is 0 Å². The van der Waals surface area contributed by atoms with E-state index in [1.165, 1.54) is 18.2 Å². The number of nitrogens with one attached hydrogen (secondary N) is 1. The molecular formula is C20H13F9N2O2S. The van der Waals surface area contributed by atoms with Crippen molar-refractivity contribution in [3.8, 4) is 0 Å². The van der Waals surface area contributed by atoms with Gasteiger partial charge in [-0.3, -0.25) is 0 Å². The molecule has 4 nitrogen and oxygen atoms in total. The van der Waals surface area contributed by atoms with Gasteiger partial charge in [-0.25, -0.2) is 8.42 Å². The minimum absolute atomic E-state index is 0.0985. The minimum Gasteiger partial charge on any atom is -0.357 e. The molecule has 3 aromatic rings. The molecule has 14 heteroatoms. The summed E-state index contributed by atoms with van der Waals surface area (Å²) >= 11 is 0. The van der Waals surface area contributed by atoms with Gasteiger partial charge in [0.15, 0.2) is 6.04 Å². The summed E-state index contributed by atoms with van der Waals surface area (Å²) in [6.45, 7) is -0.807. The summed E-state index contributed by atoms with van der Waals surface area (Å²) in [4.78, 5) is 0.973. The van der Waals surface area contributed by atoms with E-state index >= 15 is 0 Å². The molecule has 1 aliphatic heterocycles. The molecule has 0 saturated carbocycles. The topological polar surface area (TPSA) is 53.2 Å². The molecule has 1 atom stereocenters. The van der Waals surface area contributed by atoms with E-state index < -0.39 is 62.9 Å². The molecule has 0 radical (unpaired) electrons. The van der Waals surface area contributed by atoms with Crippen molar-refractivity contribution < 1.29 is 47.9 Å². The van der Waals surface area contributed by atoms with Gasteiger partial charge in [0.25, 0.3) is 0 Å². The van der Waals surface area contributed by atoms with Crippen LogP contribution in [-0.4, -0.2) is 30.4 Å². The summed E-state index contributed by atoms with van der Waals surface area (Å²) in [5.74, 6) is 0. The van der Waals surface area contributed by atoms with Crippen LogP contribution < -0.4 is 0 Å². The van der Waals surface area contributed by atoms with Crippen molar-refractivity contribution in [3.63, 3.8) is 0 Å². The second-order valence-electron chi connectivity index (χ2n) is 7.61. The number of aromatic amines is 1. The second kappa shape index (κ2) is 7.63. The van der Waals surface area contributed by atoms with E-state index in [1.54, 1.807) is 6.07 Å². The maximum absolute atomic E-state index is 14.1. The predicted octanol–water partition coefficient (Wildman–Crippen LogP) is 6.06. The molecule has 0 spiro atoms. The summed E-state index contributed by atoms with van der Waals surface area (Å²) < 4.78 is 148. The van der Waals surface area contributed by atoms with E-state index in [0.29, 0.717) is 5.39 Å². The first-order valence-corrected chi connectivity index (χ1v) is 10.9. The Balaban J connectivity index is 1.91. The summed E-state index contributed by atoms with van der Waals surface area (Å²) in [5, 5.41) is 0.405. The van der Waals surface area contributed by atoms with Gasteiger partial charge in [-0.05, 0) is 36.2 Å². The predicted molar refractivity (Wildman–Crippen MR) is 101 cm³/mol. The standard InChI is InChI=1S/C20H13F9N2O2S/c21-18(22,23)10-7-11(19(24,25)26)9-12(8-10)34(32,33)31-6-5-14-13-3-1-2-4-15(13)30-16(14)17(31)20(27,28)29/h1-4,7-9,17,30H,5-6H2/t17-/m0/s1. The lowest BCUT2D eigenvalue weighted by Gasteiger charge is -2.36. The van der Waals surface area contributed by atoms with Crippen molar-refractivity contribution in [1.82, 2.24) is 9.29 Å². The van der Waals surface area contributed by atoms with Crippen LogP contribution in [0.2, 0.25) is 0 Å². The lowest BCUT2D eigenvalue weighted by atomic mass is 9.99. The van der Waals surface area contributed by atoms with Crippen LogP contribution in [0.15, 0.2) is 47.4 Å². The van der Waals surface area contributed by atoms with Crippen molar-refractivity contribution >= 4 is 20.9 Å². The Morgan fingerprint density at radius 1 is 0.853 bits per heavy atom. The fraction of sp³-hybridized carbons (Fsp3) is 0.300. The van der Waals surface area contributed by atoms with Gasteiger partial charge in [0.2, 0.25) is 10.0 Å². The number of halogens is 9. The quantitative estimate of drug-likeness (QED) is 0.422. The first-order chi connectivity index (χ1) is 15.5. The molecule has 1 N–H and O–H groups in total. The average molecular weight is 516 g/mol. The molecule has 0 amide bonds.